The molecule has 2 aromatic heterocycles. The number of carbonyl (C=O) groups excluding carboxylic acids is 1. The smallest absolute Gasteiger partial charge is 0.258 e. The molecule has 0 bridgehead atoms. The van der Waals surface area contributed by atoms with Gasteiger partial charge >= 0.3 is 0 Å². The quantitative estimate of drug-likeness (QED) is 0.719. The van der Waals surface area contributed by atoms with Crippen LogP contribution >= 0.6 is 15.9 Å². The number of pyridine rings is 1. The number of nitrogens with one attached hydrogen (secondary N) is 2. The number of rotatable bonds is 4. The fraction of sp³-hybridized carbons (Fsp3) is 0.0625. The highest BCUT2D eigenvalue weighted by Crippen LogP contribution is 2.21. The zero-order valence-electron chi connectivity index (χ0n) is 12.2. The van der Waals surface area contributed by atoms with E-state index in [1.54, 1.807) is 25.3 Å². The third-order valence-corrected chi connectivity index (χ3v) is 3.48. The zero-order valence-corrected chi connectivity index (χ0v) is 13.8. The van der Waals surface area contributed by atoms with Gasteiger partial charge in [0.15, 0.2) is 5.82 Å². The van der Waals surface area contributed by atoms with Crippen molar-refractivity contribution < 1.29 is 9.32 Å². The molecule has 0 fully saturated rings. The van der Waals surface area contributed by atoms with Gasteiger partial charge in [0, 0.05) is 22.4 Å². The van der Waals surface area contributed by atoms with Crippen LogP contribution in [-0.2, 0) is 0 Å². The molecule has 0 aliphatic heterocycles. The Morgan fingerprint density at radius 3 is 2.78 bits per heavy atom. The fourth-order valence-electron chi connectivity index (χ4n) is 1.98. The van der Waals surface area contributed by atoms with E-state index >= 15 is 0 Å². The first-order valence-corrected chi connectivity index (χ1v) is 7.62. The second kappa shape index (κ2) is 6.62. The molecule has 3 aromatic rings. The lowest BCUT2D eigenvalue weighted by atomic mass is 10.2. The van der Waals surface area contributed by atoms with Crippen LogP contribution in [0.1, 0.15) is 16.1 Å². The van der Waals surface area contributed by atoms with Crippen molar-refractivity contribution in [2.24, 2.45) is 0 Å². The second-order valence-corrected chi connectivity index (χ2v) is 5.79. The number of amides is 1. The molecule has 23 heavy (non-hydrogen) atoms. The summed E-state index contributed by atoms with van der Waals surface area (Å²) in [4.78, 5) is 16.3. The van der Waals surface area contributed by atoms with Crippen LogP contribution in [0.3, 0.4) is 0 Å². The van der Waals surface area contributed by atoms with Crippen molar-refractivity contribution in [3.8, 4) is 0 Å². The van der Waals surface area contributed by atoms with Gasteiger partial charge in [0.1, 0.15) is 5.76 Å². The van der Waals surface area contributed by atoms with E-state index in [9.17, 15) is 4.79 Å². The molecule has 1 aromatic carbocycles. The Kier molecular flexibility index (Phi) is 4.38. The van der Waals surface area contributed by atoms with E-state index < -0.39 is 0 Å². The van der Waals surface area contributed by atoms with Crippen LogP contribution in [0.5, 0.6) is 0 Å². The molecule has 1 amide bonds. The summed E-state index contributed by atoms with van der Waals surface area (Å²) in [6, 6.07) is 11.1. The lowest BCUT2D eigenvalue weighted by molar-refractivity contribution is 0.102. The van der Waals surface area contributed by atoms with Crippen LogP contribution < -0.4 is 10.6 Å². The summed E-state index contributed by atoms with van der Waals surface area (Å²) in [6.07, 6.45) is 3.15. The molecule has 0 radical (unpaired) electrons. The van der Waals surface area contributed by atoms with Gasteiger partial charge in [-0.25, -0.2) is 0 Å². The molecular weight excluding hydrogens is 360 g/mol. The van der Waals surface area contributed by atoms with E-state index in [0.717, 1.165) is 10.2 Å². The monoisotopic (exact) mass is 372 g/mol. The SMILES string of the molecule is Cc1cc(NC(=O)c2cncc(Nc3cccc(Br)c3)c2)no1. The van der Waals surface area contributed by atoms with Gasteiger partial charge in [-0.2, -0.15) is 0 Å². The summed E-state index contributed by atoms with van der Waals surface area (Å²) in [7, 11) is 0. The Morgan fingerprint density at radius 2 is 2.04 bits per heavy atom. The average molecular weight is 373 g/mol. The lowest BCUT2D eigenvalue weighted by Gasteiger charge is -2.08. The molecule has 0 saturated heterocycles. The van der Waals surface area contributed by atoms with Gasteiger partial charge in [0.2, 0.25) is 0 Å². The number of aryl methyl sites for hydroxylation is 1. The van der Waals surface area contributed by atoms with Crippen LogP contribution in [0.2, 0.25) is 0 Å². The first-order chi connectivity index (χ1) is 11.1. The topological polar surface area (TPSA) is 80.0 Å². The maximum Gasteiger partial charge on any atom is 0.258 e. The number of anilines is 3. The van der Waals surface area contributed by atoms with Gasteiger partial charge in [-0.3, -0.25) is 9.78 Å². The van der Waals surface area contributed by atoms with Crippen LogP contribution in [0.15, 0.2) is 57.8 Å². The van der Waals surface area contributed by atoms with Gasteiger partial charge in [-0.15, -0.1) is 0 Å². The minimum Gasteiger partial charge on any atom is -0.360 e. The van der Waals surface area contributed by atoms with E-state index in [0.29, 0.717) is 22.8 Å². The summed E-state index contributed by atoms with van der Waals surface area (Å²) in [6.45, 7) is 1.76. The highest BCUT2D eigenvalue weighted by atomic mass is 79.9. The third kappa shape index (κ3) is 3.95. The predicted octanol–water partition coefficient (Wildman–Crippen LogP) is 4.14. The van der Waals surface area contributed by atoms with Crippen LogP contribution in [0, 0.1) is 6.92 Å². The largest absolute Gasteiger partial charge is 0.360 e. The van der Waals surface area contributed by atoms with Gasteiger partial charge in [0.05, 0.1) is 17.4 Å². The highest BCUT2D eigenvalue weighted by Gasteiger charge is 2.10. The van der Waals surface area contributed by atoms with E-state index in [-0.39, 0.29) is 5.91 Å². The van der Waals surface area contributed by atoms with Crippen molar-refractivity contribution in [2.45, 2.75) is 6.92 Å². The Labute approximate surface area is 141 Å². The van der Waals surface area contributed by atoms with Crippen molar-refractivity contribution >= 4 is 39.0 Å². The summed E-state index contributed by atoms with van der Waals surface area (Å²) < 4.78 is 5.88. The molecule has 0 saturated carbocycles. The number of aromatic nitrogens is 2. The number of nitrogens with zero attached hydrogens (tertiary/aromatic N) is 2. The number of halogens is 1. The number of benzene rings is 1. The fourth-order valence-corrected chi connectivity index (χ4v) is 2.38. The molecule has 3 rings (SSSR count). The van der Waals surface area contributed by atoms with Gasteiger partial charge in [0.25, 0.3) is 5.91 Å². The molecule has 0 aliphatic rings. The molecule has 6 nitrogen and oxygen atoms in total. The molecule has 0 unspecified atom stereocenters. The average Bonchev–Trinajstić information content (AvgIpc) is 2.92. The first-order valence-electron chi connectivity index (χ1n) is 6.82. The molecule has 2 heterocycles. The minimum atomic E-state index is -0.302. The minimum absolute atomic E-state index is 0.302. The van der Waals surface area contributed by atoms with Crippen molar-refractivity contribution in [1.29, 1.82) is 0 Å². The maximum atomic E-state index is 12.2. The Balaban J connectivity index is 1.75. The summed E-state index contributed by atoms with van der Waals surface area (Å²) in [5, 5.41) is 9.59. The molecule has 0 aliphatic carbocycles. The molecule has 7 heteroatoms. The van der Waals surface area contributed by atoms with Crippen LogP contribution in [0.4, 0.5) is 17.2 Å². The molecular formula is C16H13BrN4O2. The Morgan fingerprint density at radius 1 is 1.17 bits per heavy atom. The van der Waals surface area contributed by atoms with Gasteiger partial charge in [-0.1, -0.05) is 27.2 Å². The van der Waals surface area contributed by atoms with Gasteiger partial charge in [-0.05, 0) is 31.2 Å². The molecule has 0 spiro atoms. The number of hydrogen-bond acceptors (Lipinski definition) is 5. The summed E-state index contributed by atoms with van der Waals surface area (Å²) in [5.41, 5.74) is 2.03. The van der Waals surface area contributed by atoms with E-state index in [1.807, 2.05) is 24.3 Å². The van der Waals surface area contributed by atoms with Crippen molar-refractivity contribution in [1.82, 2.24) is 10.1 Å². The maximum absolute atomic E-state index is 12.2. The standard InChI is InChI=1S/C16H13BrN4O2/c1-10-5-15(21-23-10)20-16(22)11-6-14(9-18-8-11)19-13-4-2-3-12(17)7-13/h2-9,19H,1H3,(H,20,21,22). The first kappa shape index (κ1) is 15.2. The molecule has 2 N–H and O–H groups in total. The molecule has 0 atom stereocenters. The van der Waals surface area contributed by atoms with Gasteiger partial charge < -0.3 is 15.2 Å². The van der Waals surface area contributed by atoms with Crippen molar-refractivity contribution in [2.75, 3.05) is 10.6 Å². The Bertz CT molecular complexity index is 847. The number of hydrogen-bond donors (Lipinski definition) is 2. The summed E-state index contributed by atoms with van der Waals surface area (Å²) in [5.74, 6) is 0.699. The zero-order chi connectivity index (χ0) is 16.2. The lowest BCUT2D eigenvalue weighted by Crippen LogP contribution is -2.12. The third-order valence-electron chi connectivity index (χ3n) is 2.98. The van der Waals surface area contributed by atoms with Crippen molar-refractivity contribution in [3.63, 3.8) is 0 Å². The predicted molar refractivity (Wildman–Crippen MR) is 90.9 cm³/mol. The second-order valence-electron chi connectivity index (χ2n) is 4.87. The van der Waals surface area contributed by atoms with E-state index in [4.69, 9.17) is 4.52 Å². The summed E-state index contributed by atoms with van der Waals surface area (Å²) >= 11 is 3.42. The Hall–Kier alpha value is -2.67. The highest BCUT2D eigenvalue weighted by molar-refractivity contribution is 9.10. The van der Waals surface area contributed by atoms with Crippen molar-refractivity contribution in [3.05, 3.63) is 64.6 Å². The molecule has 116 valence electrons. The number of carbonyl (C=O) groups is 1. The normalized spacial score (nSPS) is 10.3. The van der Waals surface area contributed by atoms with E-state index in [1.165, 1.54) is 6.20 Å². The van der Waals surface area contributed by atoms with Crippen LogP contribution in [0.25, 0.3) is 0 Å². The van der Waals surface area contributed by atoms with Crippen LogP contribution in [-0.4, -0.2) is 16.0 Å². The van der Waals surface area contributed by atoms with E-state index in [2.05, 4.69) is 36.7 Å².